The van der Waals surface area contributed by atoms with Gasteiger partial charge in [-0.25, -0.2) is 13.2 Å². The Kier molecular flexibility index (Phi) is 12.0. The van der Waals surface area contributed by atoms with E-state index in [9.17, 15) is 27.6 Å². The van der Waals surface area contributed by atoms with Gasteiger partial charge < -0.3 is 31.0 Å². The lowest BCUT2D eigenvalue weighted by atomic mass is 9.77. The molecular weight excluding hydrogens is 815 g/mol. The fraction of sp³-hybridized carbons (Fsp3) is 0.240. The molecule has 4 amide bonds. The van der Waals surface area contributed by atoms with Crippen LogP contribution in [0.5, 0.6) is 0 Å². The number of nitrogens with one attached hydrogen (secondary N) is 5. The molecule has 1 aliphatic heterocycles. The van der Waals surface area contributed by atoms with Crippen molar-refractivity contribution in [3.05, 3.63) is 178 Å². The predicted octanol–water partition coefficient (Wildman–Crippen LogP) is 6.92. The van der Waals surface area contributed by atoms with Gasteiger partial charge in [-0.1, -0.05) is 127 Å². The molecule has 2 heterocycles. The summed E-state index contributed by atoms with van der Waals surface area (Å²) in [6.45, 7) is 3.29. The summed E-state index contributed by atoms with van der Waals surface area (Å²) in [7, 11) is -3.92. The summed E-state index contributed by atoms with van der Waals surface area (Å²) in [6, 6.07) is 39.6. The number of rotatable bonds is 16. The van der Waals surface area contributed by atoms with Crippen molar-refractivity contribution < 1.29 is 32.3 Å². The van der Waals surface area contributed by atoms with E-state index >= 15 is 0 Å². The van der Waals surface area contributed by atoms with Crippen LogP contribution in [0.25, 0.3) is 17.0 Å². The van der Waals surface area contributed by atoms with E-state index in [4.69, 9.17) is 4.74 Å². The van der Waals surface area contributed by atoms with Crippen molar-refractivity contribution in [2.75, 3.05) is 6.61 Å². The number of benzene rings is 5. The van der Waals surface area contributed by atoms with E-state index in [1.54, 1.807) is 24.4 Å². The number of carbonyl (C=O) groups excluding carboxylic acids is 4. The van der Waals surface area contributed by atoms with Gasteiger partial charge in [0, 0.05) is 29.1 Å². The number of ether oxygens (including phenoxy) is 1. The number of alkyl carbamates (subject to hydrolysis) is 1. The number of aromatic nitrogens is 1. The highest BCUT2D eigenvalue weighted by atomic mass is 32.2. The maximum Gasteiger partial charge on any atom is 0.408 e. The highest BCUT2D eigenvalue weighted by molar-refractivity contribution is 7.95. The summed E-state index contributed by atoms with van der Waals surface area (Å²) in [5.74, 6) is -1.58. The van der Waals surface area contributed by atoms with Gasteiger partial charge in [0.15, 0.2) is 0 Å². The number of sulfone groups is 1. The summed E-state index contributed by atoms with van der Waals surface area (Å²) in [5, 5.41) is 12.7. The van der Waals surface area contributed by atoms with Gasteiger partial charge in [-0.15, -0.1) is 0 Å². The van der Waals surface area contributed by atoms with Crippen molar-refractivity contribution in [1.82, 2.24) is 26.3 Å². The van der Waals surface area contributed by atoms with Gasteiger partial charge in [-0.3, -0.25) is 14.4 Å². The van der Waals surface area contributed by atoms with E-state index in [-0.39, 0.29) is 22.1 Å². The van der Waals surface area contributed by atoms with Crippen LogP contribution in [-0.2, 0) is 40.9 Å². The molecule has 1 fully saturated rings. The third-order valence-electron chi connectivity index (χ3n) is 11.9. The Hall–Kier alpha value is -6.99. The van der Waals surface area contributed by atoms with Crippen LogP contribution in [0.15, 0.2) is 156 Å². The number of amides is 4. The number of para-hydroxylation sites is 1. The first-order valence-corrected chi connectivity index (χ1v) is 22.5. The molecule has 12 nitrogen and oxygen atoms in total. The predicted molar refractivity (Wildman–Crippen MR) is 241 cm³/mol. The van der Waals surface area contributed by atoms with Gasteiger partial charge in [-0.05, 0) is 78.6 Å². The van der Waals surface area contributed by atoms with Gasteiger partial charge in [0.25, 0.3) is 0 Å². The van der Waals surface area contributed by atoms with E-state index in [2.05, 4.69) is 26.3 Å². The molecule has 1 aliphatic carbocycles. The van der Waals surface area contributed by atoms with Crippen LogP contribution < -0.4 is 21.3 Å². The Bertz CT molecular complexity index is 2690. The number of aromatic amines is 1. The minimum atomic E-state index is -3.92. The number of H-pyrrole nitrogens is 1. The second kappa shape index (κ2) is 17.8. The lowest BCUT2D eigenvalue weighted by Crippen LogP contribution is -2.58. The quantitative estimate of drug-likeness (QED) is 0.0657. The molecule has 8 rings (SSSR count). The highest BCUT2D eigenvalue weighted by Crippen LogP contribution is 2.40. The molecule has 13 heteroatoms. The Balaban J connectivity index is 1.11. The molecule has 322 valence electrons. The Labute approximate surface area is 366 Å². The smallest absolute Gasteiger partial charge is 0.408 e. The summed E-state index contributed by atoms with van der Waals surface area (Å²) < 4.78 is 32.0. The second-order valence-electron chi connectivity index (χ2n) is 16.6. The van der Waals surface area contributed by atoms with Crippen molar-refractivity contribution in [3.63, 3.8) is 0 Å². The standard InChI is InChI=1S/C50H49N5O7S/c1-49(2,35-26-27-35)55-47(58)42(29-34-31-51-41-24-14-13-23-40(34)41)52-46(57)43(53-48(59)62-32-39-28-33-16-12-15-25-44(33)63(39,60)61)30-45(56)54-50(36-17-6-3-7-18-36,37-19-8-4-9-20-37)38-21-10-5-11-22-38/h3-25,28,31,35,42-43,51H,26-27,29-30,32H2,1-2H3,(H,52,57)(H,53,59)(H,54,56)(H,55,58)/t42-,43-/m0/s1. The Morgan fingerprint density at radius 3 is 1.87 bits per heavy atom. The minimum absolute atomic E-state index is 0.0946. The summed E-state index contributed by atoms with van der Waals surface area (Å²) in [6.07, 6.45) is 3.54. The monoisotopic (exact) mass is 863 g/mol. The lowest BCUT2D eigenvalue weighted by Gasteiger charge is -2.37. The van der Waals surface area contributed by atoms with E-state index in [1.807, 2.05) is 129 Å². The van der Waals surface area contributed by atoms with E-state index in [1.165, 1.54) is 12.1 Å². The first kappa shape index (κ1) is 42.7. The molecule has 0 spiro atoms. The molecule has 5 N–H and O–H groups in total. The molecular formula is C50H49N5O7S. The van der Waals surface area contributed by atoms with Crippen molar-refractivity contribution in [3.8, 4) is 0 Å². The van der Waals surface area contributed by atoms with Crippen LogP contribution in [0.2, 0.25) is 0 Å². The molecule has 1 aromatic heterocycles. The van der Waals surface area contributed by atoms with Crippen LogP contribution >= 0.6 is 0 Å². The second-order valence-corrected chi connectivity index (χ2v) is 18.6. The molecule has 0 unspecified atom stereocenters. The number of hydrogen-bond donors (Lipinski definition) is 5. The third-order valence-corrected chi connectivity index (χ3v) is 13.8. The van der Waals surface area contributed by atoms with Crippen LogP contribution in [0.4, 0.5) is 4.79 Å². The van der Waals surface area contributed by atoms with Crippen LogP contribution in [0.1, 0.15) is 60.9 Å². The lowest BCUT2D eigenvalue weighted by molar-refractivity contribution is -0.132. The highest BCUT2D eigenvalue weighted by Gasteiger charge is 2.42. The topological polar surface area (TPSA) is 176 Å². The van der Waals surface area contributed by atoms with E-state index in [0.717, 1.165) is 46.0 Å². The number of fused-ring (bicyclic) bond motifs is 2. The average molecular weight is 864 g/mol. The minimum Gasteiger partial charge on any atom is -0.444 e. The Morgan fingerprint density at radius 2 is 1.27 bits per heavy atom. The van der Waals surface area contributed by atoms with Crippen LogP contribution in [0.3, 0.4) is 0 Å². The number of carbonyl (C=O) groups is 4. The van der Waals surface area contributed by atoms with Gasteiger partial charge in [0.05, 0.1) is 16.2 Å². The van der Waals surface area contributed by atoms with Gasteiger partial charge in [0.1, 0.15) is 24.2 Å². The van der Waals surface area contributed by atoms with Crippen molar-refractivity contribution in [1.29, 1.82) is 0 Å². The zero-order valence-electron chi connectivity index (χ0n) is 35.0. The average Bonchev–Trinajstić information content (AvgIpc) is 4.04. The molecule has 5 aromatic carbocycles. The summed E-state index contributed by atoms with van der Waals surface area (Å²) in [5.41, 5.74) is 2.53. The Morgan fingerprint density at radius 1 is 0.698 bits per heavy atom. The van der Waals surface area contributed by atoms with Gasteiger partial charge in [-0.2, -0.15) is 0 Å². The van der Waals surface area contributed by atoms with E-state index < -0.39 is 69.8 Å². The zero-order valence-corrected chi connectivity index (χ0v) is 35.8. The van der Waals surface area contributed by atoms with Crippen molar-refractivity contribution in [2.24, 2.45) is 5.92 Å². The molecule has 2 atom stereocenters. The maximum atomic E-state index is 14.7. The van der Waals surface area contributed by atoms with Crippen molar-refractivity contribution in [2.45, 2.75) is 67.6 Å². The fourth-order valence-corrected chi connectivity index (χ4v) is 9.90. The third kappa shape index (κ3) is 9.15. The molecule has 63 heavy (non-hydrogen) atoms. The molecule has 2 aliphatic rings. The first-order valence-electron chi connectivity index (χ1n) is 21.0. The van der Waals surface area contributed by atoms with E-state index in [0.29, 0.717) is 5.56 Å². The summed E-state index contributed by atoms with van der Waals surface area (Å²) >= 11 is 0. The van der Waals surface area contributed by atoms with Crippen LogP contribution in [-0.4, -0.2) is 61.4 Å². The van der Waals surface area contributed by atoms with Gasteiger partial charge >= 0.3 is 6.09 Å². The largest absolute Gasteiger partial charge is 0.444 e. The van der Waals surface area contributed by atoms with Gasteiger partial charge in [0.2, 0.25) is 27.6 Å². The summed E-state index contributed by atoms with van der Waals surface area (Å²) in [4.78, 5) is 60.4. The SMILES string of the molecule is CC(C)(NC(=O)[C@H](Cc1c[nH]c2ccccc12)NC(=O)[C@H](CC(=O)NC(c1ccccc1)(c1ccccc1)c1ccccc1)NC(=O)OCC1=Cc2ccccc2S1(=O)=O)C1CC1. The normalized spacial score (nSPS) is 15.3. The molecule has 1 saturated carbocycles. The van der Waals surface area contributed by atoms with Crippen molar-refractivity contribution >= 4 is 50.6 Å². The molecule has 0 radical (unpaired) electrons. The van der Waals surface area contributed by atoms with Crippen LogP contribution in [0, 0.1) is 5.92 Å². The fourth-order valence-electron chi connectivity index (χ4n) is 8.43. The number of hydrogen-bond acceptors (Lipinski definition) is 7. The zero-order chi connectivity index (χ0) is 44.2. The molecule has 0 saturated heterocycles. The molecule has 6 aromatic rings. The maximum absolute atomic E-state index is 14.7. The molecule has 0 bridgehead atoms. The first-order chi connectivity index (χ1) is 30.3.